The summed E-state index contributed by atoms with van der Waals surface area (Å²) in [6.07, 6.45) is 0. The molecule has 0 aliphatic heterocycles. The molecule has 0 spiro atoms. The minimum Gasteiger partial charge on any atom is -0.351 e. The van der Waals surface area contributed by atoms with Crippen molar-refractivity contribution in [2.45, 2.75) is 17.2 Å². The van der Waals surface area contributed by atoms with Crippen molar-refractivity contribution >= 4 is 36.7 Å². The van der Waals surface area contributed by atoms with E-state index in [0.717, 1.165) is 15.1 Å². The van der Waals surface area contributed by atoms with E-state index in [1.54, 1.807) is 36.4 Å². The minimum atomic E-state index is -3.86. The molecule has 0 aliphatic carbocycles. The fraction of sp³-hybridized carbons (Fsp3) is 0.227. The lowest BCUT2D eigenvalue weighted by molar-refractivity contribution is -0.121. The quantitative estimate of drug-likeness (QED) is 0.490. The molecule has 1 amide bonds. The van der Waals surface area contributed by atoms with Crippen LogP contribution in [0.1, 0.15) is 11.1 Å². The van der Waals surface area contributed by atoms with Crippen LogP contribution in [-0.2, 0) is 37.1 Å². The number of amides is 1. The molecule has 3 aromatic rings. The third-order valence-corrected chi connectivity index (χ3v) is 8.16. The maximum atomic E-state index is 12.9. The van der Waals surface area contributed by atoms with E-state index in [4.69, 9.17) is 0 Å². The second-order valence-corrected chi connectivity index (χ2v) is 11.2. The molecular weight excluding hydrogens is 450 g/mol. The molecular formula is C22H25N3O5S2. The molecule has 10 heteroatoms. The zero-order chi connectivity index (χ0) is 23.4. The van der Waals surface area contributed by atoms with Crippen LogP contribution >= 0.6 is 0 Å². The fourth-order valence-corrected chi connectivity index (χ4v) is 5.19. The number of fused-ring (bicyclic) bond motifs is 1. The van der Waals surface area contributed by atoms with Crippen molar-refractivity contribution in [3.05, 3.63) is 77.9 Å². The Labute approximate surface area is 188 Å². The van der Waals surface area contributed by atoms with Crippen molar-refractivity contribution in [2.24, 2.45) is 0 Å². The van der Waals surface area contributed by atoms with Crippen molar-refractivity contribution in [3.8, 4) is 0 Å². The average Bonchev–Trinajstić information content (AvgIpc) is 2.78. The van der Waals surface area contributed by atoms with Crippen molar-refractivity contribution in [2.75, 3.05) is 20.6 Å². The molecule has 0 fully saturated rings. The van der Waals surface area contributed by atoms with Crippen LogP contribution in [0.15, 0.2) is 71.6 Å². The molecule has 0 saturated carbocycles. The lowest BCUT2D eigenvalue weighted by Gasteiger charge is -2.18. The van der Waals surface area contributed by atoms with Gasteiger partial charge in [-0.15, -0.1) is 0 Å². The van der Waals surface area contributed by atoms with Gasteiger partial charge in [-0.3, -0.25) is 4.79 Å². The normalized spacial score (nSPS) is 12.2. The highest BCUT2D eigenvalue weighted by atomic mass is 32.2. The van der Waals surface area contributed by atoms with Crippen LogP contribution in [0.5, 0.6) is 0 Å². The molecule has 170 valence electrons. The Morgan fingerprint density at radius 3 is 2.19 bits per heavy atom. The first-order chi connectivity index (χ1) is 15.1. The van der Waals surface area contributed by atoms with Crippen molar-refractivity contribution < 1.29 is 21.6 Å². The number of nitrogens with one attached hydrogen (secondary N) is 2. The lowest BCUT2D eigenvalue weighted by atomic mass is 10.1. The summed E-state index contributed by atoms with van der Waals surface area (Å²) >= 11 is 0. The first kappa shape index (κ1) is 23.9. The zero-order valence-corrected chi connectivity index (χ0v) is 19.4. The molecule has 0 heterocycles. The highest BCUT2D eigenvalue weighted by Crippen LogP contribution is 2.21. The topological polar surface area (TPSA) is 113 Å². The van der Waals surface area contributed by atoms with E-state index in [1.807, 2.05) is 24.3 Å². The van der Waals surface area contributed by atoms with Crippen LogP contribution in [0.2, 0.25) is 0 Å². The van der Waals surface area contributed by atoms with E-state index in [2.05, 4.69) is 10.0 Å². The van der Waals surface area contributed by atoms with Gasteiger partial charge in [-0.25, -0.2) is 21.6 Å². The first-order valence-corrected chi connectivity index (χ1v) is 12.9. The molecule has 2 N–H and O–H groups in total. The molecule has 0 bridgehead atoms. The number of benzene rings is 3. The number of rotatable bonds is 9. The lowest BCUT2D eigenvalue weighted by Crippen LogP contribution is -2.38. The third kappa shape index (κ3) is 5.71. The van der Waals surface area contributed by atoms with Gasteiger partial charge in [0.1, 0.15) is 0 Å². The number of hydrogen-bond acceptors (Lipinski definition) is 5. The molecule has 3 rings (SSSR count). The Bertz CT molecular complexity index is 1340. The fourth-order valence-electron chi connectivity index (χ4n) is 3.19. The predicted molar refractivity (Wildman–Crippen MR) is 124 cm³/mol. The minimum absolute atomic E-state index is 0.0815. The number of sulfonamides is 2. The number of hydrogen-bond donors (Lipinski definition) is 2. The molecule has 0 radical (unpaired) electrons. The van der Waals surface area contributed by atoms with Crippen LogP contribution in [0.25, 0.3) is 10.8 Å². The van der Waals surface area contributed by atoms with E-state index in [1.165, 1.54) is 20.2 Å². The maximum Gasteiger partial charge on any atom is 0.243 e. The SMILES string of the molecule is CNS(=O)(=O)Cc1ccccc1CNC(=O)CN(C)S(=O)(=O)c1ccc2ccccc2c1. The van der Waals surface area contributed by atoms with Crippen LogP contribution < -0.4 is 10.0 Å². The highest BCUT2D eigenvalue weighted by molar-refractivity contribution is 7.89. The van der Waals surface area contributed by atoms with Gasteiger partial charge < -0.3 is 5.32 Å². The highest BCUT2D eigenvalue weighted by Gasteiger charge is 2.23. The number of nitrogens with zero attached hydrogens (tertiary/aromatic N) is 1. The molecule has 0 unspecified atom stereocenters. The summed E-state index contributed by atoms with van der Waals surface area (Å²) in [4.78, 5) is 12.5. The molecule has 0 aliphatic rings. The monoisotopic (exact) mass is 475 g/mol. The molecule has 0 saturated heterocycles. The summed E-state index contributed by atoms with van der Waals surface area (Å²) in [5.41, 5.74) is 1.19. The summed E-state index contributed by atoms with van der Waals surface area (Å²) in [6.45, 7) is -0.287. The Morgan fingerprint density at radius 2 is 1.50 bits per heavy atom. The summed E-state index contributed by atoms with van der Waals surface area (Å²) < 4.78 is 52.8. The largest absolute Gasteiger partial charge is 0.351 e. The summed E-state index contributed by atoms with van der Waals surface area (Å²) in [5.74, 6) is -0.714. The van der Waals surface area contributed by atoms with Crippen LogP contribution in [0.3, 0.4) is 0 Å². The van der Waals surface area contributed by atoms with Gasteiger partial charge in [0.05, 0.1) is 17.2 Å². The second-order valence-electron chi connectivity index (χ2n) is 7.28. The van der Waals surface area contributed by atoms with Crippen molar-refractivity contribution in [3.63, 3.8) is 0 Å². The van der Waals surface area contributed by atoms with Gasteiger partial charge in [0, 0.05) is 13.6 Å². The van der Waals surface area contributed by atoms with Gasteiger partial charge in [-0.1, -0.05) is 54.6 Å². The van der Waals surface area contributed by atoms with E-state index in [9.17, 15) is 21.6 Å². The number of likely N-dealkylation sites (N-methyl/N-ethyl adjacent to an activating group) is 1. The van der Waals surface area contributed by atoms with Gasteiger partial charge in [0.15, 0.2) is 0 Å². The van der Waals surface area contributed by atoms with E-state index < -0.39 is 26.0 Å². The standard InChI is InChI=1S/C22H25N3O5S2/c1-23-31(27,28)16-20-10-6-5-9-19(20)14-24-22(26)15-25(2)32(29,30)21-12-11-17-7-3-4-8-18(17)13-21/h3-13,23H,14-16H2,1-2H3,(H,24,26). The van der Waals surface area contributed by atoms with Crippen LogP contribution in [0.4, 0.5) is 0 Å². The average molecular weight is 476 g/mol. The predicted octanol–water partition coefficient (Wildman–Crippen LogP) is 1.83. The van der Waals surface area contributed by atoms with Crippen LogP contribution in [-0.4, -0.2) is 47.7 Å². The molecule has 32 heavy (non-hydrogen) atoms. The Balaban J connectivity index is 1.67. The van der Waals surface area contributed by atoms with Crippen LogP contribution in [0, 0.1) is 0 Å². The Hall–Kier alpha value is -2.79. The Morgan fingerprint density at radius 1 is 0.875 bits per heavy atom. The molecule has 0 atom stereocenters. The van der Waals surface area contributed by atoms with Gasteiger partial charge in [0.25, 0.3) is 0 Å². The second kappa shape index (κ2) is 9.78. The smallest absolute Gasteiger partial charge is 0.243 e. The first-order valence-electron chi connectivity index (χ1n) is 9.82. The molecule has 0 aromatic heterocycles. The number of carbonyl (C=O) groups excluding carboxylic acids is 1. The van der Waals surface area contributed by atoms with E-state index >= 15 is 0 Å². The molecule has 3 aromatic carbocycles. The maximum absolute atomic E-state index is 12.9. The molecule has 8 nitrogen and oxygen atoms in total. The Kier molecular flexibility index (Phi) is 7.29. The van der Waals surface area contributed by atoms with Crippen molar-refractivity contribution in [1.82, 2.24) is 14.3 Å². The number of carbonyl (C=O) groups is 1. The van der Waals surface area contributed by atoms with E-state index in [-0.39, 0.29) is 23.7 Å². The summed E-state index contributed by atoms with van der Waals surface area (Å²) in [7, 11) is -4.64. The summed E-state index contributed by atoms with van der Waals surface area (Å²) in [6, 6.07) is 19.1. The third-order valence-electron chi connectivity index (χ3n) is 5.05. The van der Waals surface area contributed by atoms with Crippen molar-refractivity contribution in [1.29, 1.82) is 0 Å². The summed E-state index contributed by atoms with van der Waals surface area (Å²) in [5, 5.41) is 4.38. The van der Waals surface area contributed by atoms with Gasteiger partial charge >= 0.3 is 0 Å². The van der Waals surface area contributed by atoms with E-state index in [0.29, 0.717) is 11.1 Å². The van der Waals surface area contributed by atoms with Gasteiger partial charge in [-0.2, -0.15) is 4.31 Å². The van der Waals surface area contributed by atoms with Gasteiger partial charge in [0.2, 0.25) is 26.0 Å². The zero-order valence-electron chi connectivity index (χ0n) is 17.8. The van der Waals surface area contributed by atoms with Gasteiger partial charge in [-0.05, 0) is 41.1 Å².